The van der Waals surface area contributed by atoms with E-state index in [4.69, 9.17) is 9.84 Å². The van der Waals surface area contributed by atoms with Crippen molar-refractivity contribution >= 4 is 5.97 Å². The van der Waals surface area contributed by atoms with Gasteiger partial charge in [-0.3, -0.25) is 0 Å². The molecule has 1 fully saturated rings. The highest BCUT2D eigenvalue weighted by Crippen LogP contribution is 2.41. The van der Waals surface area contributed by atoms with Crippen LogP contribution >= 0.6 is 0 Å². The Morgan fingerprint density at radius 3 is 2.41 bits per heavy atom. The number of carbonyl (C=O) groups excluding carboxylic acids is 1. The third-order valence-electron chi connectivity index (χ3n) is 2.87. The van der Waals surface area contributed by atoms with Gasteiger partial charge in [-0.1, -0.05) is 18.2 Å². The van der Waals surface area contributed by atoms with E-state index < -0.39 is 24.1 Å². The molecule has 0 saturated heterocycles. The van der Waals surface area contributed by atoms with Gasteiger partial charge in [-0.25, -0.2) is 13.6 Å². The molecule has 0 atom stereocenters. The first-order valence-electron chi connectivity index (χ1n) is 5.28. The summed E-state index contributed by atoms with van der Waals surface area (Å²) >= 11 is 0. The minimum Gasteiger partial charge on any atom is -0.449 e. The van der Waals surface area contributed by atoms with Crippen LogP contribution in [0, 0.1) is 0 Å². The maximum atomic E-state index is 12.8. The zero-order valence-electron chi connectivity index (χ0n) is 8.98. The van der Waals surface area contributed by atoms with Gasteiger partial charge in [0.2, 0.25) is 0 Å². The Morgan fingerprint density at radius 1 is 1.35 bits per heavy atom. The molecule has 1 aliphatic rings. The molecule has 0 bridgehead atoms. The minimum atomic E-state index is -2.78. The number of halogens is 2. The van der Waals surface area contributed by atoms with Crippen molar-refractivity contribution in [3.63, 3.8) is 0 Å². The first-order valence-corrected chi connectivity index (χ1v) is 5.28. The molecule has 0 radical (unpaired) electrons. The number of benzene rings is 1. The van der Waals surface area contributed by atoms with Gasteiger partial charge in [0.05, 0.1) is 11.7 Å². The summed E-state index contributed by atoms with van der Waals surface area (Å²) in [7, 11) is 0. The molecule has 1 aromatic rings. The van der Waals surface area contributed by atoms with Gasteiger partial charge in [0.1, 0.15) is 0 Å². The van der Waals surface area contributed by atoms with Crippen LogP contribution in [0.15, 0.2) is 30.3 Å². The predicted molar refractivity (Wildman–Crippen MR) is 55.8 cm³/mol. The topological polar surface area (TPSA) is 46.5 Å². The molecular formula is C12H12F2O3. The molecule has 1 aromatic carbocycles. The van der Waals surface area contributed by atoms with Crippen LogP contribution in [0.4, 0.5) is 8.78 Å². The van der Waals surface area contributed by atoms with E-state index in [1.54, 1.807) is 18.2 Å². The Hall–Kier alpha value is -1.49. The van der Waals surface area contributed by atoms with E-state index >= 15 is 0 Å². The lowest BCUT2D eigenvalue weighted by molar-refractivity contribution is -0.190. The molecule has 1 saturated carbocycles. The van der Waals surface area contributed by atoms with E-state index in [0.717, 1.165) is 0 Å². The second-order valence-corrected chi connectivity index (χ2v) is 4.18. The summed E-state index contributed by atoms with van der Waals surface area (Å²) in [6, 6.07) is 7.96. The number of aliphatic hydroxyl groups is 1. The normalized spacial score (nSPS) is 27.6. The lowest BCUT2D eigenvalue weighted by Crippen LogP contribution is -2.55. The van der Waals surface area contributed by atoms with Crippen molar-refractivity contribution in [2.45, 2.75) is 31.0 Å². The highest BCUT2D eigenvalue weighted by atomic mass is 19.3. The standard InChI is InChI=1S/C12H12F2O3/c13-11(14)12(6-9(15)7-12)17-10(16)8-4-2-1-3-5-8/h1-5,9,11,15H,6-7H2. The van der Waals surface area contributed by atoms with E-state index in [0.29, 0.717) is 0 Å². The number of aliphatic hydroxyl groups excluding tert-OH is 1. The molecule has 0 unspecified atom stereocenters. The maximum absolute atomic E-state index is 12.8. The number of alkyl halides is 2. The van der Waals surface area contributed by atoms with Crippen molar-refractivity contribution in [2.75, 3.05) is 0 Å². The number of carbonyl (C=O) groups is 1. The molecule has 2 rings (SSSR count). The van der Waals surface area contributed by atoms with Crippen molar-refractivity contribution in [3.8, 4) is 0 Å². The average molecular weight is 242 g/mol. The van der Waals surface area contributed by atoms with E-state index in [2.05, 4.69) is 0 Å². The third-order valence-corrected chi connectivity index (χ3v) is 2.87. The largest absolute Gasteiger partial charge is 0.449 e. The van der Waals surface area contributed by atoms with Gasteiger partial charge < -0.3 is 9.84 Å². The summed E-state index contributed by atoms with van der Waals surface area (Å²) in [5, 5.41) is 9.09. The number of hydrogen-bond acceptors (Lipinski definition) is 3. The maximum Gasteiger partial charge on any atom is 0.338 e. The zero-order valence-corrected chi connectivity index (χ0v) is 8.98. The van der Waals surface area contributed by atoms with Gasteiger partial charge in [-0.05, 0) is 12.1 Å². The van der Waals surface area contributed by atoms with Crippen molar-refractivity contribution in [1.29, 1.82) is 0 Å². The molecule has 5 heteroatoms. The zero-order chi connectivity index (χ0) is 12.5. The quantitative estimate of drug-likeness (QED) is 0.824. The first-order chi connectivity index (χ1) is 8.03. The minimum absolute atomic E-state index is 0.205. The molecule has 0 spiro atoms. The summed E-state index contributed by atoms with van der Waals surface area (Å²) in [6.07, 6.45) is -4.00. The Bertz CT molecular complexity index is 399. The van der Waals surface area contributed by atoms with Crippen molar-refractivity contribution in [1.82, 2.24) is 0 Å². The van der Waals surface area contributed by atoms with Crippen LogP contribution in [0.1, 0.15) is 23.2 Å². The highest BCUT2D eigenvalue weighted by Gasteiger charge is 2.54. The van der Waals surface area contributed by atoms with Gasteiger partial charge >= 0.3 is 5.97 Å². The van der Waals surface area contributed by atoms with Gasteiger partial charge in [-0.2, -0.15) is 0 Å². The molecule has 0 heterocycles. The van der Waals surface area contributed by atoms with Crippen molar-refractivity contribution in [2.24, 2.45) is 0 Å². The summed E-state index contributed by atoms with van der Waals surface area (Å²) in [6.45, 7) is 0. The lowest BCUT2D eigenvalue weighted by atomic mass is 9.77. The van der Waals surface area contributed by atoms with E-state index in [-0.39, 0.29) is 18.4 Å². The Balaban J connectivity index is 2.08. The summed E-state index contributed by atoms with van der Waals surface area (Å²) in [5.74, 6) is -0.780. The molecule has 92 valence electrons. The number of hydrogen-bond donors (Lipinski definition) is 1. The van der Waals surface area contributed by atoms with Crippen LogP contribution in [0.2, 0.25) is 0 Å². The monoisotopic (exact) mass is 242 g/mol. The molecule has 0 aromatic heterocycles. The molecule has 0 aliphatic heterocycles. The molecule has 1 N–H and O–H groups in total. The third kappa shape index (κ3) is 2.29. The second-order valence-electron chi connectivity index (χ2n) is 4.18. The fraction of sp³-hybridized carbons (Fsp3) is 0.417. The number of rotatable bonds is 3. The van der Waals surface area contributed by atoms with Gasteiger partial charge in [-0.15, -0.1) is 0 Å². The van der Waals surface area contributed by atoms with Crippen molar-refractivity contribution < 1.29 is 23.4 Å². The fourth-order valence-electron chi connectivity index (χ4n) is 1.86. The van der Waals surface area contributed by atoms with Gasteiger partial charge in [0.15, 0.2) is 5.60 Å². The van der Waals surface area contributed by atoms with Crippen LogP contribution in [0.5, 0.6) is 0 Å². The number of ether oxygens (including phenoxy) is 1. The fourth-order valence-corrected chi connectivity index (χ4v) is 1.86. The lowest BCUT2D eigenvalue weighted by Gasteiger charge is -2.43. The predicted octanol–water partition coefficient (Wildman–Crippen LogP) is 2.00. The van der Waals surface area contributed by atoms with Crippen LogP contribution in [-0.4, -0.2) is 29.2 Å². The van der Waals surface area contributed by atoms with Crippen molar-refractivity contribution in [3.05, 3.63) is 35.9 Å². The smallest absolute Gasteiger partial charge is 0.338 e. The van der Waals surface area contributed by atoms with Crippen LogP contribution in [-0.2, 0) is 4.74 Å². The molecular weight excluding hydrogens is 230 g/mol. The molecule has 0 amide bonds. The van der Waals surface area contributed by atoms with E-state index in [1.807, 2.05) is 0 Å². The summed E-state index contributed by atoms with van der Waals surface area (Å²) in [5.41, 5.74) is -1.58. The molecule has 17 heavy (non-hydrogen) atoms. The van der Waals surface area contributed by atoms with Crippen LogP contribution in [0.25, 0.3) is 0 Å². The summed E-state index contributed by atoms with van der Waals surface area (Å²) in [4.78, 5) is 11.6. The molecule has 1 aliphatic carbocycles. The first kappa shape index (κ1) is 12.0. The Labute approximate surface area is 97.0 Å². The highest BCUT2D eigenvalue weighted by molar-refractivity contribution is 5.89. The van der Waals surface area contributed by atoms with E-state index in [1.165, 1.54) is 12.1 Å². The van der Waals surface area contributed by atoms with Gasteiger partial charge in [0.25, 0.3) is 6.43 Å². The Kier molecular flexibility index (Phi) is 3.11. The average Bonchev–Trinajstić information content (AvgIpc) is 2.27. The number of esters is 1. The Morgan fingerprint density at radius 2 is 1.94 bits per heavy atom. The molecule has 3 nitrogen and oxygen atoms in total. The van der Waals surface area contributed by atoms with E-state index in [9.17, 15) is 13.6 Å². The SMILES string of the molecule is O=C(OC1(C(F)F)CC(O)C1)c1ccccc1. The van der Waals surface area contributed by atoms with Crippen LogP contribution in [0.3, 0.4) is 0 Å². The second kappa shape index (κ2) is 4.41. The van der Waals surface area contributed by atoms with Gasteiger partial charge in [0, 0.05) is 12.8 Å². The summed E-state index contributed by atoms with van der Waals surface area (Å²) < 4.78 is 30.4. The van der Waals surface area contributed by atoms with Crippen LogP contribution < -0.4 is 0 Å².